The van der Waals surface area contributed by atoms with Crippen molar-refractivity contribution in [3.05, 3.63) is 69.4 Å². The summed E-state index contributed by atoms with van der Waals surface area (Å²) in [6.07, 6.45) is 2.94. The molecule has 2 amide bonds. The second kappa shape index (κ2) is 9.12. The number of hydrogen-bond donors (Lipinski definition) is 2. The molecule has 1 aromatic carbocycles. The molecule has 0 radical (unpaired) electrons. The van der Waals surface area contributed by atoms with Gasteiger partial charge in [0, 0.05) is 32.0 Å². The first-order valence-electron chi connectivity index (χ1n) is 8.86. The molecule has 7 heteroatoms. The monoisotopic (exact) mass is 373 g/mol. The zero-order valence-electron chi connectivity index (χ0n) is 15.7. The highest BCUT2D eigenvalue weighted by Gasteiger charge is 2.19. The molecule has 1 heterocycles. The Morgan fingerprint density at radius 1 is 1.04 bits per heavy atom. The lowest BCUT2D eigenvalue weighted by molar-refractivity contribution is 0.0948. The van der Waals surface area contributed by atoms with Crippen LogP contribution in [0.2, 0.25) is 0 Å². The van der Waals surface area contributed by atoms with Crippen molar-refractivity contribution < 1.29 is 14.0 Å². The molecule has 0 aliphatic rings. The van der Waals surface area contributed by atoms with E-state index in [1.807, 2.05) is 13.8 Å². The van der Waals surface area contributed by atoms with Crippen LogP contribution in [0.25, 0.3) is 0 Å². The fourth-order valence-electron chi connectivity index (χ4n) is 2.62. The van der Waals surface area contributed by atoms with Crippen LogP contribution in [0.4, 0.5) is 4.39 Å². The fraction of sp³-hybridized carbons (Fsp3) is 0.350. The van der Waals surface area contributed by atoms with Gasteiger partial charge in [0.05, 0.1) is 0 Å². The minimum atomic E-state index is -0.613. The minimum absolute atomic E-state index is 0.0630. The minimum Gasteiger partial charge on any atom is -0.352 e. The number of hydrogen-bond acceptors (Lipinski definition) is 3. The number of amides is 2. The number of aromatic nitrogens is 1. The lowest BCUT2D eigenvalue weighted by Gasteiger charge is -2.14. The van der Waals surface area contributed by atoms with Gasteiger partial charge in [0.15, 0.2) is 0 Å². The summed E-state index contributed by atoms with van der Waals surface area (Å²) in [5, 5.41) is 5.24. The quantitative estimate of drug-likeness (QED) is 0.782. The molecule has 0 fully saturated rings. The van der Waals surface area contributed by atoms with Crippen molar-refractivity contribution >= 4 is 11.8 Å². The molecule has 0 aliphatic carbocycles. The van der Waals surface area contributed by atoms with Crippen LogP contribution in [0.3, 0.4) is 0 Å². The third-order valence-corrected chi connectivity index (χ3v) is 3.85. The van der Waals surface area contributed by atoms with Crippen molar-refractivity contribution in [2.24, 2.45) is 5.92 Å². The van der Waals surface area contributed by atoms with Gasteiger partial charge >= 0.3 is 0 Å². The van der Waals surface area contributed by atoms with E-state index in [1.165, 1.54) is 24.5 Å². The SMILES string of the molecule is CCNC(=O)c1cn(CC(C)C)cc(C(=O)NCc2ccc(F)cc2)c1=O. The van der Waals surface area contributed by atoms with Crippen molar-refractivity contribution in [3.8, 4) is 0 Å². The highest BCUT2D eigenvalue weighted by molar-refractivity contribution is 5.99. The maximum Gasteiger partial charge on any atom is 0.257 e. The second-order valence-electron chi connectivity index (χ2n) is 6.67. The van der Waals surface area contributed by atoms with Crippen molar-refractivity contribution in [2.75, 3.05) is 6.54 Å². The number of halogens is 1. The summed E-state index contributed by atoms with van der Waals surface area (Å²) < 4.78 is 14.6. The number of rotatable bonds is 7. The molecule has 27 heavy (non-hydrogen) atoms. The first-order chi connectivity index (χ1) is 12.8. The van der Waals surface area contributed by atoms with Crippen LogP contribution in [0.15, 0.2) is 41.5 Å². The molecule has 0 spiro atoms. The zero-order chi connectivity index (χ0) is 20.0. The standard InChI is InChI=1S/C20H24FN3O3/c1-4-22-19(26)16-11-24(10-13(2)3)12-17(18(16)25)20(27)23-9-14-5-7-15(21)8-6-14/h5-8,11-13H,4,9-10H2,1-3H3,(H,22,26)(H,23,27). The average molecular weight is 373 g/mol. The predicted molar refractivity (Wildman–Crippen MR) is 101 cm³/mol. The number of pyridine rings is 1. The second-order valence-corrected chi connectivity index (χ2v) is 6.67. The van der Waals surface area contributed by atoms with E-state index in [4.69, 9.17) is 0 Å². The molecule has 2 rings (SSSR count). The summed E-state index contributed by atoms with van der Waals surface area (Å²) in [5.41, 5.74) is -0.0712. The van der Waals surface area contributed by atoms with E-state index < -0.39 is 17.2 Å². The Labute approximate surface area is 157 Å². The summed E-state index contributed by atoms with van der Waals surface area (Å²) in [6.45, 7) is 6.84. The van der Waals surface area contributed by atoms with Crippen LogP contribution >= 0.6 is 0 Å². The number of carbonyl (C=O) groups is 2. The molecule has 0 saturated carbocycles. The Morgan fingerprint density at radius 2 is 1.59 bits per heavy atom. The highest BCUT2D eigenvalue weighted by Crippen LogP contribution is 2.06. The molecule has 0 atom stereocenters. The summed E-state index contributed by atoms with van der Waals surface area (Å²) in [4.78, 5) is 37.4. The van der Waals surface area contributed by atoms with E-state index in [0.717, 1.165) is 0 Å². The van der Waals surface area contributed by atoms with Crippen molar-refractivity contribution in [3.63, 3.8) is 0 Å². The maximum absolute atomic E-state index is 13.0. The molecule has 1 aromatic heterocycles. The smallest absolute Gasteiger partial charge is 0.257 e. The molecule has 0 saturated heterocycles. The summed E-state index contributed by atoms with van der Waals surface area (Å²) in [6, 6.07) is 5.70. The predicted octanol–water partition coefficient (Wildman–Crippen LogP) is 2.32. The number of nitrogens with zero attached hydrogens (tertiary/aromatic N) is 1. The lowest BCUT2D eigenvalue weighted by atomic mass is 10.1. The highest BCUT2D eigenvalue weighted by atomic mass is 19.1. The van der Waals surface area contributed by atoms with E-state index in [2.05, 4.69) is 10.6 Å². The third-order valence-electron chi connectivity index (χ3n) is 3.85. The molecule has 0 aliphatic heterocycles. The van der Waals surface area contributed by atoms with Gasteiger partial charge in [0.25, 0.3) is 11.8 Å². The molecule has 2 aromatic rings. The van der Waals surface area contributed by atoms with Gasteiger partial charge in [-0.3, -0.25) is 14.4 Å². The number of nitrogens with one attached hydrogen (secondary N) is 2. The van der Waals surface area contributed by atoms with Crippen LogP contribution in [-0.4, -0.2) is 22.9 Å². The molecule has 144 valence electrons. The van der Waals surface area contributed by atoms with Crippen LogP contribution in [0.1, 0.15) is 47.1 Å². The van der Waals surface area contributed by atoms with Gasteiger partial charge in [0.1, 0.15) is 16.9 Å². The summed E-state index contributed by atoms with van der Waals surface area (Å²) in [7, 11) is 0. The van der Waals surface area contributed by atoms with Crippen molar-refractivity contribution in [2.45, 2.75) is 33.9 Å². The summed E-state index contributed by atoms with van der Waals surface area (Å²) >= 11 is 0. The Kier molecular flexibility index (Phi) is 6.87. The van der Waals surface area contributed by atoms with Crippen LogP contribution in [-0.2, 0) is 13.1 Å². The maximum atomic E-state index is 13.0. The third kappa shape index (κ3) is 5.51. The molecular formula is C20H24FN3O3. The van der Waals surface area contributed by atoms with E-state index in [9.17, 15) is 18.8 Å². The first-order valence-corrected chi connectivity index (χ1v) is 8.86. The van der Waals surface area contributed by atoms with Gasteiger partial charge in [-0.2, -0.15) is 0 Å². The van der Waals surface area contributed by atoms with Gasteiger partial charge < -0.3 is 15.2 Å². The van der Waals surface area contributed by atoms with Gasteiger partial charge in [0.2, 0.25) is 5.43 Å². The van der Waals surface area contributed by atoms with E-state index in [-0.39, 0.29) is 29.4 Å². The lowest BCUT2D eigenvalue weighted by Crippen LogP contribution is -2.35. The van der Waals surface area contributed by atoms with Crippen LogP contribution in [0, 0.1) is 11.7 Å². The van der Waals surface area contributed by atoms with E-state index in [0.29, 0.717) is 18.7 Å². The zero-order valence-corrected chi connectivity index (χ0v) is 15.7. The topological polar surface area (TPSA) is 80.2 Å². The van der Waals surface area contributed by atoms with E-state index >= 15 is 0 Å². The molecule has 0 unspecified atom stereocenters. The molecular weight excluding hydrogens is 349 g/mol. The Morgan fingerprint density at radius 3 is 2.11 bits per heavy atom. The first kappa shape index (κ1) is 20.4. The van der Waals surface area contributed by atoms with Gasteiger partial charge in [-0.25, -0.2) is 4.39 Å². The molecule has 2 N–H and O–H groups in total. The van der Waals surface area contributed by atoms with Crippen LogP contribution in [0.5, 0.6) is 0 Å². The van der Waals surface area contributed by atoms with Crippen LogP contribution < -0.4 is 16.1 Å². The fourth-order valence-corrected chi connectivity index (χ4v) is 2.62. The Hall–Kier alpha value is -2.96. The van der Waals surface area contributed by atoms with E-state index in [1.54, 1.807) is 23.6 Å². The van der Waals surface area contributed by atoms with Gasteiger partial charge in [-0.15, -0.1) is 0 Å². The molecule has 6 nitrogen and oxygen atoms in total. The Balaban J connectivity index is 2.30. The number of carbonyl (C=O) groups excluding carboxylic acids is 2. The average Bonchev–Trinajstić information content (AvgIpc) is 2.62. The van der Waals surface area contributed by atoms with Gasteiger partial charge in [-0.05, 0) is 30.5 Å². The summed E-state index contributed by atoms with van der Waals surface area (Å²) in [5.74, 6) is -1.18. The largest absolute Gasteiger partial charge is 0.352 e. The molecule has 0 bridgehead atoms. The normalized spacial score (nSPS) is 10.7. The van der Waals surface area contributed by atoms with Gasteiger partial charge in [-0.1, -0.05) is 26.0 Å². The van der Waals surface area contributed by atoms with Crippen molar-refractivity contribution in [1.29, 1.82) is 0 Å². The Bertz CT molecular complexity index is 873. The number of benzene rings is 1. The van der Waals surface area contributed by atoms with Crippen molar-refractivity contribution in [1.82, 2.24) is 15.2 Å².